The van der Waals surface area contributed by atoms with Crippen molar-refractivity contribution < 1.29 is 4.74 Å². The van der Waals surface area contributed by atoms with Crippen molar-refractivity contribution >= 4 is 5.82 Å². The van der Waals surface area contributed by atoms with Gasteiger partial charge < -0.3 is 15.0 Å². The number of hydrogen-bond donors (Lipinski definition) is 1. The van der Waals surface area contributed by atoms with Crippen LogP contribution in [0, 0.1) is 6.92 Å². The van der Waals surface area contributed by atoms with E-state index in [9.17, 15) is 0 Å². The summed E-state index contributed by atoms with van der Waals surface area (Å²) in [6, 6.07) is 0. The number of aromatic nitrogens is 2. The zero-order valence-electron chi connectivity index (χ0n) is 11.7. The molecule has 18 heavy (non-hydrogen) atoms. The Kier molecular flexibility index (Phi) is 3.71. The van der Waals surface area contributed by atoms with Gasteiger partial charge >= 0.3 is 0 Å². The summed E-state index contributed by atoms with van der Waals surface area (Å²) in [5.41, 5.74) is 1.25. The Balaban J connectivity index is 2.06. The van der Waals surface area contributed by atoms with Gasteiger partial charge in [-0.1, -0.05) is 0 Å². The number of hydrogen-bond acceptors (Lipinski definition) is 5. The fourth-order valence-electron chi connectivity index (χ4n) is 2.43. The summed E-state index contributed by atoms with van der Waals surface area (Å²) in [6.07, 6.45) is 5.34. The molecule has 1 aromatic rings. The van der Waals surface area contributed by atoms with Crippen molar-refractivity contribution in [3.63, 3.8) is 0 Å². The molecule has 0 aromatic carbocycles. The van der Waals surface area contributed by atoms with E-state index in [2.05, 4.69) is 34.3 Å². The number of ether oxygens (including phenoxy) is 1. The van der Waals surface area contributed by atoms with Crippen LogP contribution in [0.1, 0.15) is 24.8 Å². The molecule has 0 amide bonds. The maximum absolute atomic E-state index is 5.20. The largest absolute Gasteiger partial charge is 0.481 e. The summed E-state index contributed by atoms with van der Waals surface area (Å²) in [5, 5.41) is 3.44. The summed E-state index contributed by atoms with van der Waals surface area (Å²) in [7, 11) is 5.93. The number of rotatable bonds is 5. The van der Waals surface area contributed by atoms with E-state index in [4.69, 9.17) is 4.74 Å². The summed E-state index contributed by atoms with van der Waals surface area (Å²) in [5.74, 6) is 1.51. The fourth-order valence-corrected chi connectivity index (χ4v) is 2.43. The van der Waals surface area contributed by atoms with Crippen molar-refractivity contribution in [1.82, 2.24) is 14.9 Å². The van der Waals surface area contributed by atoms with Crippen LogP contribution >= 0.6 is 0 Å². The minimum Gasteiger partial charge on any atom is -0.481 e. The first kappa shape index (κ1) is 13.1. The molecule has 0 saturated heterocycles. The Morgan fingerprint density at radius 1 is 1.39 bits per heavy atom. The molecular formula is C13H22N4O. The molecule has 0 bridgehead atoms. The molecule has 1 aromatic heterocycles. The minimum atomic E-state index is 0.282. The Morgan fingerprint density at radius 3 is 2.61 bits per heavy atom. The van der Waals surface area contributed by atoms with Crippen molar-refractivity contribution in [3.8, 4) is 5.88 Å². The topological polar surface area (TPSA) is 50.3 Å². The maximum atomic E-state index is 5.20. The molecule has 1 fully saturated rings. The number of likely N-dealkylation sites (N-methyl/N-ethyl adjacent to an activating group) is 1. The average Bonchev–Trinajstić information content (AvgIpc) is 2.29. The van der Waals surface area contributed by atoms with Crippen LogP contribution in [-0.2, 0) is 0 Å². The van der Waals surface area contributed by atoms with Crippen molar-refractivity contribution in [3.05, 3.63) is 11.9 Å². The highest BCUT2D eigenvalue weighted by Crippen LogP contribution is 2.36. The lowest BCUT2D eigenvalue weighted by Gasteiger charge is -2.47. The summed E-state index contributed by atoms with van der Waals surface area (Å²) in [6.45, 7) is 2.89. The number of nitrogens with zero attached hydrogens (tertiary/aromatic N) is 3. The van der Waals surface area contributed by atoms with Crippen LogP contribution in [-0.4, -0.2) is 48.2 Å². The molecule has 1 saturated carbocycles. The van der Waals surface area contributed by atoms with E-state index in [1.54, 1.807) is 7.11 Å². The van der Waals surface area contributed by atoms with E-state index < -0.39 is 0 Å². The predicted molar refractivity (Wildman–Crippen MR) is 72.1 cm³/mol. The molecule has 1 N–H and O–H groups in total. The van der Waals surface area contributed by atoms with Crippen molar-refractivity contribution in [2.75, 3.05) is 33.1 Å². The lowest BCUT2D eigenvalue weighted by atomic mass is 9.75. The highest BCUT2D eigenvalue weighted by molar-refractivity contribution is 5.47. The van der Waals surface area contributed by atoms with Gasteiger partial charge in [0.05, 0.1) is 12.7 Å². The predicted octanol–water partition coefficient (Wildman–Crippen LogP) is 1.69. The van der Waals surface area contributed by atoms with E-state index in [1.807, 2.05) is 6.92 Å². The standard InChI is InChI=1S/C13H22N4O/c1-10-11(15-9-16-12(10)18-4)14-8-13(17(2)3)6-5-7-13/h9H,5-8H2,1-4H3,(H,14,15,16). The molecule has 0 unspecified atom stereocenters. The lowest BCUT2D eigenvalue weighted by molar-refractivity contribution is 0.0738. The van der Waals surface area contributed by atoms with E-state index >= 15 is 0 Å². The Hall–Kier alpha value is -1.36. The second-order valence-corrected chi connectivity index (χ2v) is 5.18. The third-order valence-corrected chi connectivity index (χ3v) is 4.05. The Bertz CT molecular complexity index is 415. The fraction of sp³-hybridized carbons (Fsp3) is 0.692. The molecule has 100 valence electrons. The summed E-state index contributed by atoms with van der Waals surface area (Å²) < 4.78 is 5.20. The van der Waals surface area contributed by atoms with Gasteiger partial charge in [-0.2, -0.15) is 0 Å². The van der Waals surface area contributed by atoms with Gasteiger partial charge in [-0.05, 0) is 40.3 Å². The molecule has 0 aliphatic heterocycles. The third-order valence-electron chi connectivity index (χ3n) is 4.05. The molecular weight excluding hydrogens is 228 g/mol. The Labute approximate surface area is 109 Å². The quantitative estimate of drug-likeness (QED) is 0.862. The molecule has 0 spiro atoms. The average molecular weight is 250 g/mol. The van der Waals surface area contributed by atoms with Gasteiger partial charge in [0.15, 0.2) is 0 Å². The first-order valence-corrected chi connectivity index (χ1v) is 6.36. The summed E-state index contributed by atoms with van der Waals surface area (Å²) in [4.78, 5) is 10.7. The summed E-state index contributed by atoms with van der Waals surface area (Å²) >= 11 is 0. The van der Waals surface area contributed by atoms with Gasteiger partial charge in [-0.15, -0.1) is 0 Å². The lowest BCUT2D eigenvalue weighted by Crippen LogP contribution is -2.54. The first-order valence-electron chi connectivity index (χ1n) is 6.36. The molecule has 1 heterocycles. The van der Waals surface area contributed by atoms with Crippen LogP contribution in [0.25, 0.3) is 0 Å². The van der Waals surface area contributed by atoms with E-state index in [-0.39, 0.29) is 5.54 Å². The first-order chi connectivity index (χ1) is 8.59. The van der Waals surface area contributed by atoms with E-state index in [0.29, 0.717) is 5.88 Å². The van der Waals surface area contributed by atoms with E-state index in [1.165, 1.54) is 25.6 Å². The van der Waals surface area contributed by atoms with Gasteiger partial charge in [-0.3, -0.25) is 0 Å². The molecule has 2 rings (SSSR count). The normalized spacial score (nSPS) is 17.4. The zero-order chi connectivity index (χ0) is 13.2. The van der Waals surface area contributed by atoms with Crippen molar-refractivity contribution in [1.29, 1.82) is 0 Å². The molecule has 0 radical (unpaired) electrons. The highest BCUT2D eigenvalue weighted by atomic mass is 16.5. The third kappa shape index (κ3) is 2.27. The molecule has 5 nitrogen and oxygen atoms in total. The second-order valence-electron chi connectivity index (χ2n) is 5.18. The van der Waals surface area contributed by atoms with Gasteiger partial charge in [0.25, 0.3) is 0 Å². The number of nitrogens with one attached hydrogen (secondary N) is 1. The SMILES string of the molecule is COc1ncnc(NCC2(N(C)C)CCC2)c1C. The number of anilines is 1. The van der Waals surface area contributed by atoms with Gasteiger partial charge in [0.2, 0.25) is 5.88 Å². The molecule has 1 aliphatic rings. The smallest absolute Gasteiger partial charge is 0.221 e. The van der Waals surface area contributed by atoms with Crippen molar-refractivity contribution in [2.45, 2.75) is 31.7 Å². The molecule has 5 heteroatoms. The van der Waals surface area contributed by atoms with Crippen LogP contribution in [0.4, 0.5) is 5.82 Å². The van der Waals surface area contributed by atoms with Crippen LogP contribution in [0.15, 0.2) is 6.33 Å². The molecule has 1 aliphatic carbocycles. The minimum absolute atomic E-state index is 0.282. The Morgan fingerprint density at radius 2 is 2.11 bits per heavy atom. The van der Waals surface area contributed by atoms with Gasteiger partial charge in [0.1, 0.15) is 12.1 Å². The van der Waals surface area contributed by atoms with Gasteiger partial charge in [-0.25, -0.2) is 9.97 Å². The van der Waals surface area contributed by atoms with Crippen LogP contribution in [0.5, 0.6) is 5.88 Å². The van der Waals surface area contributed by atoms with Crippen LogP contribution in [0.2, 0.25) is 0 Å². The van der Waals surface area contributed by atoms with Gasteiger partial charge in [0, 0.05) is 12.1 Å². The molecule has 0 atom stereocenters. The zero-order valence-corrected chi connectivity index (χ0v) is 11.7. The number of methoxy groups -OCH3 is 1. The maximum Gasteiger partial charge on any atom is 0.221 e. The monoisotopic (exact) mass is 250 g/mol. The van der Waals surface area contributed by atoms with Crippen LogP contribution in [0.3, 0.4) is 0 Å². The highest BCUT2D eigenvalue weighted by Gasteiger charge is 2.38. The van der Waals surface area contributed by atoms with E-state index in [0.717, 1.165) is 17.9 Å². The van der Waals surface area contributed by atoms with Crippen molar-refractivity contribution in [2.24, 2.45) is 0 Å². The second kappa shape index (κ2) is 5.10. The van der Waals surface area contributed by atoms with Crippen LogP contribution < -0.4 is 10.1 Å².